The standard InChI is InChI=1S/C14H17F5O4/c1-7(2)11(20)22-6-10(23-12(21)8(3)4)9(5)13(15,16)14(17,18)19/h9-10H,1,3,6H2,2,4-5H3. The number of esters is 2. The summed E-state index contributed by atoms with van der Waals surface area (Å²) >= 11 is 0. The molecule has 0 N–H and O–H groups in total. The van der Waals surface area contributed by atoms with E-state index in [1.54, 1.807) is 0 Å². The maximum Gasteiger partial charge on any atom is 0.453 e. The van der Waals surface area contributed by atoms with Gasteiger partial charge >= 0.3 is 24.0 Å². The first kappa shape index (κ1) is 21.1. The van der Waals surface area contributed by atoms with E-state index < -0.39 is 42.7 Å². The lowest BCUT2D eigenvalue weighted by Gasteiger charge is -2.31. The van der Waals surface area contributed by atoms with E-state index in [2.05, 4.69) is 22.6 Å². The Balaban J connectivity index is 5.33. The molecule has 0 aliphatic rings. The van der Waals surface area contributed by atoms with Gasteiger partial charge in [0.1, 0.15) is 12.7 Å². The SMILES string of the molecule is C=C(C)C(=O)OCC(OC(=O)C(=C)C)C(C)C(F)(F)C(F)(F)F. The molecule has 0 saturated carbocycles. The Kier molecular flexibility index (Phi) is 6.93. The van der Waals surface area contributed by atoms with Crippen molar-refractivity contribution in [3.63, 3.8) is 0 Å². The van der Waals surface area contributed by atoms with Crippen molar-refractivity contribution in [3.05, 3.63) is 24.3 Å². The van der Waals surface area contributed by atoms with E-state index in [1.165, 1.54) is 13.8 Å². The summed E-state index contributed by atoms with van der Waals surface area (Å²) in [5.41, 5.74) is -0.297. The van der Waals surface area contributed by atoms with Gasteiger partial charge in [0.2, 0.25) is 0 Å². The van der Waals surface area contributed by atoms with Gasteiger partial charge in [0, 0.05) is 11.1 Å². The predicted molar refractivity (Wildman–Crippen MR) is 70.6 cm³/mol. The van der Waals surface area contributed by atoms with Crippen LogP contribution in [-0.2, 0) is 19.1 Å². The van der Waals surface area contributed by atoms with Gasteiger partial charge in [0.05, 0.1) is 5.92 Å². The number of hydrogen-bond acceptors (Lipinski definition) is 4. The summed E-state index contributed by atoms with van der Waals surface area (Å²) in [5, 5.41) is 0. The Labute approximate surface area is 129 Å². The van der Waals surface area contributed by atoms with Crippen LogP contribution in [0.2, 0.25) is 0 Å². The van der Waals surface area contributed by atoms with Crippen molar-refractivity contribution in [2.75, 3.05) is 6.61 Å². The normalized spacial score (nSPS) is 14.6. The molecule has 0 aromatic carbocycles. The molecule has 9 heteroatoms. The van der Waals surface area contributed by atoms with Gasteiger partial charge in [0.15, 0.2) is 0 Å². The number of carbonyl (C=O) groups excluding carboxylic acids is 2. The van der Waals surface area contributed by atoms with Crippen LogP contribution in [0.3, 0.4) is 0 Å². The minimum atomic E-state index is -5.85. The van der Waals surface area contributed by atoms with Crippen molar-refractivity contribution < 1.29 is 41.0 Å². The molecule has 0 bridgehead atoms. The fourth-order valence-corrected chi connectivity index (χ4v) is 1.29. The van der Waals surface area contributed by atoms with Crippen molar-refractivity contribution in [1.82, 2.24) is 0 Å². The van der Waals surface area contributed by atoms with Crippen LogP contribution >= 0.6 is 0 Å². The first-order chi connectivity index (χ1) is 10.2. The summed E-state index contributed by atoms with van der Waals surface area (Å²) in [4.78, 5) is 22.7. The van der Waals surface area contributed by atoms with Gasteiger partial charge < -0.3 is 9.47 Å². The maximum atomic E-state index is 13.4. The maximum absolute atomic E-state index is 13.4. The summed E-state index contributed by atoms with van der Waals surface area (Å²) in [6.07, 6.45) is -7.86. The van der Waals surface area contributed by atoms with Crippen LogP contribution in [0.1, 0.15) is 20.8 Å². The minimum Gasteiger partial charge on any atom is -0.458 e. The Morgan fingerprint density at radius 2 is 1.43 bits per heavy atom. The third-order valence-electron chi connectivity index (χ3n) is 2.84. The molecule has 2 atom stereocenters. The smallest absolute Gasteiger partial charge is 0.453 e. The molecule has 132 valence electrons. The van der Waals surface area contributed by atoms with Gasteiger partial charge in [-0.05, 0) is 13.8 Å². The third-order valence-corrected chi connectivity index (χ3v) is 2.84. The largest absolute Gasteiger partial charge is 0.458 e. The van der Waals surface area contributed by atoms with Crippen LogP contribution in [0, 0.1) is 5.92 Å². The zero-order chi connectivity index (χ0) is 18.6. The molecule has 0 rings (SSSR count). The number of alkyl halides is 5. The molecule has 2 unspecified atom stereocenters. The highest BCUT2D eigenvalue weighted by molar-refractivity contribution is 5.87. The average molecular weight is 344 g/mol. The molecule has 0 heterocycles. The number of hydrogen-bond donors (Lipinski definition) is 0. The van der Waals surface area contributed by atoms with Gasteiger partial charge in [-0.3, -0.25) is 0 Å². The number of halogens is 5. The van der Waals surface area contributed by atoms with Crippen molar-refractivity contribution in [2.45, 2.75) is 39.0 Å². The van der Waals surface area contributed by atoms with E-state index in [9.17, 15) is 31.5 Å². The molecule has 0 radical (unpaired) electrons. The number of ether oxygens (including phenoxy) is 2. The molecule has 0 amide bonds. The fourth-order valence-electron chi connectivity index (χ4n) is 1.29. The molecular weight excluding hydrogens is 327 g/mol. The van der Waals surface area contributed by atoms with Crippen molar-refractivity contribution in [3.8, 4) is 0 Å². The van der Waals surface area contributed by atoms with Crippen LogP contribution < -0.4 is 0 Å². The average Bonchev–Trinajstić information content (AvgIpc) is 2.40. The minimum absolute atomic E-state index is 0.0924. The molecule has 0 aromatic rings. The monoisotopic (exact) mass is 344 g/mol. The molecule has 0 aliphatic heterocycles. The Hall–Kier alpha value is -1.93. The lowest BCUT2D eigenvalue weighted by molar-refractivity contribution is -0.310. The zero-order valence-corrected chi connectivity index (χ0v) is 12.8. The van der Waals surface area contributed by atoms with E-state index in [0.29, 0.717) is 6.92 Å². The van der Waals surface area contributed by atoms with E-state index in [-0.39, 0.29) is 11.1 Å². The van der Waals surface area contributed by atoms with Gasteiger partial charge in [0.25, 0.3) is 0 Å². The van der Waals surface area contributed by atoms with Gasteiger partial charge in [-0.25, -0.2) is 9.59 Å². The highest BCUT2D eigenvalue weighted by Crippen LogP contribution is 2.43. The zero-order valence-electron chi connectivity index (χ0n) is 12.8. The van der Waals surface area contributed by atoms with Gasteiger partial charge in [-0.1, -0.05) is 20.1 Å². The summed E-state index contributed by atoms with van der Waals surface area (Å²) in [6, 6.07) is 0. The van der Waals surface area contributed by atoms with E-state index >= 15 is 0 Å². The molecule has 0 fully saturated rings. The van der Waals surface area contributed by atoms with Crippen molar-refractivity contribution in [1.29, 1.82) is 0 Å². The molecule has 0 spiro atoms. The summed E-state index contributed by atoms with van der Waals surface area (Å²) < 4.78 is 73.2. The molecule has 0 aliphatic carbocycles. The van der Waals surface area contributed by atoms with Crippen LogP contribution in [-0.4, -0.2) is 36.7 Å². The van der Waals surface area contributed by atoms with Crippen LogP contribution in [0.15, 0.2) is 24.3 Å². The lowest BCUT2D eigenvalue weighted by atomic mass is 9.96. The first-order valence-corrected chi connectivity index (χ1v) is 6.35. The Morgan fingerprint density at radius 3 is 1.78 bits per heavy atom. The van der Waals surface area contributed by atoms with Crippen LogP contribution in [0.4, 0.5) is 22.0 Å². The number of rotatable bonds is 7. The second-order valence-electron chi connectivity index (χ2n) is 5.01. The highest BCUT2D eigenvalue weighted by atomic mass is 19.4. The molecule has 23 heavy (non-hydrogen) atoms. The third kappa shape index (κ3) is 5.65. The quantitative estimate of drug-likeness (QED) is 0.403. The van der Waals surface area contributed by atoms with E-state index in [4.69, 9.17) is 0 Å². The molecule has 0 aromatic heterocycles. The van der Waals surface area contributed by atoms with Gasteiger partial charge in [-0.2, -0.15) is 22.0 Å². The Bertz CT molecular complexity index is 496. The van der Waals surface area contributed by atoms with Crippen molar-refractivity contribution in [2.24, 2.45) is 5.92 Å². The Morgan fingerprint density at radius 1 is 1.00 bits per heavy atom. The predicted octanol–water partition coefficient (Wildman–Crippen LogP) is 3.43. The van der Waals surface area contributed by atoms with Crippen molar-refractivity contribution >= 4 is 11.9 Å². The second-order valence-corrected chi connectivity index (χ2v) is 5.01. The summed E-state index contributed by atoms with van der Waals surface area (Å²) in [7, 11) is 0. The summed E-state index contributed by atoms with van der Waals surface area (Å²) in [5.74, 6) is -9.82. The molecular formula is C14H17F5O4. The van der Waals surface area contributed by atoms with Crippen LogP contribution in [0.25, 0.3) is 0 Å². The topological polar surface area (TPSA) is 52.6 Å². The number of carbonyl (C=O) groups is 2. The molecule has 0 saturated heterocycles. The summed E-state index contributed by atoms with van der Waals surface area (Å²) in [6.45, 7) is 8.43. The van der Waals surface area contributed by atoms with Crippen LogP contribution in [0.5, 0.6) is 0 Å². The van der Waals surface area contributed by atoms with E-state index in [1.807, 2.05) is 0 Å². The highest BCUT2D eigenvalue weighted by Gasteiger charge is 2.63. The second kappa shape index (κ2) is 7.56. The van der Waals surface area contributed by atoms with E-state index in [0.717, 1.165) is 0 Å². The fraction of sp³-hybridized carbons (Fsp3) is 0.571. The molecule has 4 nitrogen and oxygen atoms in total. The van der Waals surface area contributed by atoms with Gasteiger partial charge in [-0.15, -0.1) is 0 Å². The first-order valence-electron chi connectivity index (χ1n) is 6.35. The lowest BCUT2D eigenvalue weighted by Crippen LogP contribution is -2.49.